The zero-order valence-corrected chi connectivity index (χ0v) is 13.7. The molecule has 1 aliphatic heterocycles. The van der Waals surface area contributed by atoms with Gasteiger partial charge in [-0.3, -0.25) is 0 Å². The molecule has 1 atom stereocenters. The molecule has 0 unspecified atom stereocenters. The van der Waals surface area contributed by atoms with E-state index in [1.807, 2.05) is 19.9 Å². The summed E-state index contributed by atoms with van der Waals surface area (Å²) in [5.74, 6) is 1.12. The van der Waals surface area contributed by atoms with Gasteiger partial charge in [-0.15, -0.1) is 0 Å². The average molecular weight is 326 g/mol. The fourth-order valence-electron chi connectivity index (χ4n) is 2.20. The first-order valence-corrected chi connectivity index (χ1v) is 9.17. The highest BCUT2D eigenvalue weighted by atomic mass is 32.2. The fraction of sp³-hybridized carbons (Fsp3) is 0.533. The number of para-hydroxylation sites is 2. The van der Waals surface area contributed by atoms with Gasteiger partial charge in [0.25, 0.3) is 0 Å². The van der Waals surface area contributed by atoms with Crippen molar-refractivity contribution in [2.75, 3.05) is 23.4 Å². The van der Waals surface area contributed by atoms with Gasteiger partial charge in [-0.25, -0.2) is 13.2 Å². The topological polar surface area (TPSA) is 84.5 Å². The number of sulfone groups is 1. The Labute approximate surface area is 131 Å². The Kier molecular flexibility index (Phi) is 5.28. The standard InChI is InChI=1S/C15H22N2O4S/c1-11(2)9-21-14-6-4-3-5-13(14)17-15(18)16-12-7-8-22(19,20)10-12/h3-6,11-12H,7-10H2,1-2H3,(H2,16,17,18)/t12-/m0/s1. The van der Waals surface area contributed by atoms with Crippen LogP contribution in [0.2, 0.25) is 0 Å². The summed E-state index contributed by atoms with van der Waals surface area (Å²) in [6, 6.07) is 6.44. The van der Waals surface area contributed by atoms with Gasteiger partial charge in [0.1, 0.15) is 5.75 Å². The minimum Gasteiger partial charge on any atom is -0.491 e. The van der Waals surface area contributed by atoms with Crippen LogP contribution in [0.3, 0.4) is 0 Å². The first kappa shape index (κ1) is 16.6. The van der Waals surface area contributed by atoms with Crippen molar-refractivity contribution in [3.05, 3.63) is 24.3 Å². The van der Waals surface area contributed by atoms with Crippen molar-refractivity contribution in [1.29, 1.82) is 0 Å². The van der Waals surface area contributed by atoms with E-state index in [4.69, 9.17) is 4.74 Å². The number of rotatable bonds is 5. The van der Waals surface area contributed by atoms with Gasteiger partial charge in [-0.05, 0) is 24.5 Å². The van der Waals surface area contributed by atoms with E-state index in [1.165, 1.54) is 0 Å². The second kappa shape index (κ2) is 7.00. The van der Waals surface area contributed by atoms with Crippen molar-refractivity contribution in [3.8, 4) is 5.75 Å². The first-order valence-electron chi connectivity index (χ1n) is 7.35. The summed E-state index contributed by atoms with van der Waals surface area (Å²) in [5.41, 5.74) is 0.571. The number of hydrogen-bond donors (Lipinski definition) is 2. The van der Waals surface area contributed by atoms with Gasteiger partial charge in [-0.1, -0.05) is 26.0 Å². The number of amides is 2. The highest BCUT2D eigenvalue weighted by Crippen LogP contribution is 2.24. The van der Waals surface area contributed by atoms with Crippen molar-refractivity contribution < 1.29 is 17.9 Å². The van der Waals surface area contributed by atoms with Crippen molar-refractivity contribution in [1.82, 2.24) is 5.32 Å². The summed E-state index contributed by atoms with van der Waals surface area (Å²) >= 11 is 0. The van der Waals surface area contributed by atoms with Gasteiger partial charge >= 0.3 is 6.03 Å². The van der Waals surface area contributed by atoms with Gasteiger partial charge < -0.3 is 15.4 Å². The van der Waals surface area contributed by atoms with Crippen molar-refractivity contribution in [2.45, 2.75) is 26.3 Å². The van der Waals surface area contributed by atoms with Crippen molar-refractivity contribution >= 4 is 21.6 Å². The predicted octanol–water partition coefficient (Wildman–Crippen LogP) is 2.03. The van der Waals surface area contributed by atoms with Crippen molar-refractivity contribution in [3.63, 3.8) is 0 Å². The molecule has 6 nitrogen and oxygen atoms in total. The van der Waals surface area contributed by atoms with Crippen LogP contribution in [0.25, 0.3) is 0 Å². The van der Waals surface area contributed by atoms with Gasteiger partial charge in [0.05, 0.1) is 23.8 Å². The van der Waals surface area contributed by atoms with Crippen LogP contribution in [0.4, 0.5) is 10.5 Å². The maximum absolute atomic E-state index is 12.0. The van der Waals surface area contributed by atoms with Crippen LogP contribution in [0, 0.1) is 5.92 Å². The molecule has 122 valence electrons. The lowest BCUT2D eigenvalue weighted by Gasteiger charge is -2.16. The van der Waals surface area contributed by atoms with E-state index in [0.29, 0.717) is 30.4 Å². The molecule has 1 aromatic carbocycles. The maximum atomic E-state index is 12.0. The lowest BCUT2D eigenvalue weighted by atomic mass is 10.2. The fourth-order valence-corrected chi connectivity index (χ4v) is 3.88. The predicted molar refractivity (Wildman–Crippen MR) is 86.0 cm³/mol. The third-order valence-electron chi connectivity index (χ3n) is 3.28. The summed E-state index contributed by atoms with van der Waals surface area (Å²) in [5, 5.41) is 5.41. The number of nitrogens with one attached hydrogen (secondary N) is 2. The normalized spacial score (nSPS) is 19.9. The molecule has 0 spiro atoms. The Bertz CT molecular complexity index is 628. The lowest BCUT2D eigenvalue weighted by molar-refractivity contribution is 0.248. The molecule has 22 heavy (non-hydrogen) atoms. The Balaban J connectivity index is 1.94. The van der Waals surface area contributed by atoms with E-state index in [2.05, 4.69) is 10.6 Å². The number of carbonyl (C=O) groups excluding carboxylic acids is 1. The summed E-state index contributed by atoms with van der Waals surface area (Å²) in [7, 11) is -3.01. The number of carbonyl (C=O) groups is 1. The Morgan fingerprint density at radius 1 is 1.36 bits per heavy atom. The van der Waals surface area contributed by atoms with Crippen LogP contribution in [0.1, 0.15) is 20.3 Å². The third kappa shape index (κ3) is 4.91. The highest BCUT2D eigenvalue weighted by Gasteiger charge is 2.29. The summed E-state index contributed by atoms with van der Waals surface area (Å²) < 4.78 is 28.4. The van der Waals surface area contributed by atoms with Crippen LogP contribution in [0.15, 0.2) is 24.3 Å². The molecule has 0 radical (unpaired) electrons. The molecule has 0 aromatic heterocycles. The molecule has 1 fully saturated rings. The summed E-state index contributed by atoms with van der Waals surface area (Å²) in [6.45, 7) is 4.65. The Hall–Kier alpha value is -1.76. The molecule has 1 saturated heterocycles. The Morgan fingerprint density at radius 2 is 2.09 bits per heavy atom. The second-order valence-electron chi connectivity index (χ2n) is 5.90. The molecule has 0 aliphatic carbocycles. The van der Waals surface area contributed by atoms with Crippen LogP contribution in [0.5, 0.6) is 5.75 Å². The third-order valence-corrected chi connectivity index (χ3v) is 5.04. The summed E-state index contributed by atoms with van der Waals surface area (Å²) in [4.78, 5) is 12.0. The number of urea groups is 1. The molecule has 1 aromatic rings. The first-order chi connectivity index (χ1) is 10.4. The lowest BCUT2D eigenvalue weighted by Crippen LogP contribution is -2.38. The highest BCUT2D eigenvalue weighted by molar-refractivity contribution is 7.91. The molecule has 2 N–H and O–H groups in total. The maximum Gasteiger partial charge on any atom is 0.319 e. The van der Waals surface area contributed by atoms with Crippen LogP contribution in [-0.2, 0) is 9.84 Å². The van der Waals surface area contributed by atoms with E-state index >= 15 is 0 Å². The van der Waals surface area contributed by atoms with Gasteiger partial charge in [-0.2, -0.15) is 0 Å². The quantitative estimate of drug-likeness (QED) is 0.867. The summed E-state index contributed by atoms with van der Waals surface area (Å²) in [6.07, 6.45) is 0.460. The van der Waals surface area contributed by atoms with Gasteiger partial charge in [0.15, 0.2) is 9.84 Å². The number of hydrogen-bond acceptors (Lipinski definition) is 4. The van der Waals surface area contributed by atoms with Crippen LogP contribution < -0.4 is 15.4 Å². The monoisotopic (exact) mass is 326 g/mol. The largest absolute Gasteiger partial charge is 0.491 e. The van der Waals surface area contributed by atoms with Gasteiger partial charge in [0.2, 0.25) is 0 Å². The zero-order valence-electron chi connectivity index (χ0n) is 12.8. The minimum atomic E-state index is -3.01. The molecule has 1 heterocycles. The smallest absolute Gasteiger partial charge is 0.319 e. The molecular formula is C15H22N2O4S. The molecule has 2 amide bonds. The molecule has 0 bridgehead atoms. The molecule has 1 aliphatic rings. The molecule has 7 heteroatoms. The molecule has 0 saturated carbocycles. The SMILES string of the molecule is CC(C)COc1ccccc1NC(=O)N[C@H]1CCS(=O)(=O)C1. The van der Waals surface area contributed by atoms with E-state index < -0.39 is 15.9 Å². The number of benzene rings is 1. The number of anilines is 1. The van der Waals surface area contributed by atoms with Crippen LogP contribution in [-0.4, -0.2) is 38.6 Å². The van der Waals surface area contributed by atoms with Crippen molar-refractivity contribution in [2.24, 2.45) is 5.92 Å². The van der Waals surface area contributed by atoms with E-state index in [0.717, 1.165) is 0 Å². The minimum absolute atomic E-state index is 0.00587. The second-order valence-corrected chi connectivity index (χ2v) is 8.13. The Morgan fingerprint density at radius 3 is 2.73 bits per heavy atom. The number of ether oxygens (including phenoxy) is 1. The van der Waals surface area contributed by atoms with E-state index in [-0.39, 0.29) is 17.5 Å². The molecular weight excluding hydrogens is 304 g/mol. The van der Waals surface area contributed by atoms with Gasteiger partial charge in [0, 0.05) is 6.04 Å². The zero-order chi connectivity index (χ0) is 16.2. The van der Waals surface area contributed by atoms with E-state index in [9.17, 15) is 13.2 Å². The van der Waals surface area contributed by atoms with Crippen LogP contribution >= 0.6 is 0 Å². The van der Waals surface area contributed by atoms with E-state index in [1.54, 1.807) is 18.2 Å². The molecule has 2 rings (SSSR count). The average Bonchev–Trinajstić information content (AvgIpc) is 2.76.